The van der Waals surface area contributed by atoms with Gasteiger partial charge in [-0.2, -0.15) is 0 Å². The number of anilines is 1. The molecule has 0 atom stereocenters. The first-order chi connectivity index (χ1) is 14.2. The van der Waals surface area contributed by atoms with E-state index in [1.807, 2.05) is 30.3 Å². The van der Waals surface area contributed by atoms with E-state index in [1.165, 1.54) is 18.2 Å². The Morgan fingerprint density at radius 2 is 1.70 bits per heavy atom. The number of sulfonamides is 1. The molecule has 1 amide bonds. The Morgan fingerprint density at radius 1 is 0.967 bits per heavy atom. The molecular weight excluding hydrogens is 404 g/mol. The Balaban J connectivity index is 1.77. The lowest BCUT2D eigenvalue weighted by Crippen LogP contribution is -2.23. The van der Waals surface area contributed by atoms with Crippen LogP contribution in [0.1, 0.15) is 5.56 Å². The highest BCUT2D eigenvalue weighted by Gasteiger charge is 2.17. The summed E-state index contributed by atoms with van der Waals surface area (Å²) < 4.78 is 29.5. The topological polar surface area (TPSA) is 148 Å². The van der Waals surface area contributed by atoms with Gasteiger partial charge in [0.2, 0.25) is 10.0 Å². The second-order valence-electron chi connectivity index (χ2n) is 6.40. The summed E-state index contributed by atoms with van der Waals surface area (Å²) in [6, 6.07) is 20.2. The summed E-state index contributed by atoms with van der Waals surface area (Å²) in [5, 5.41) is 15.3. The fourth-order valence-corrected chi connectivity index (χ4v) is 3.48. The fourth-order valence-electron chi connectivity index (χ4n) is 2.76. The standard InChI is InChI=1S/C21H20N4O4S/c22-21(23)16-7-4-8-17(11-16)29-13-20(26)25-18-10-9-15(12-19(18)30(24,27)28)14-5-2-1-3-6-14/h1-12H,13H2,(H3,22,23)(H,25,26)(H2,24,27,28). The first-order valence-corrected chi connectivity index (χ1v) is 10.4. The molecule has 0 aliphatic rings. The average molecular weight is 424 g/mol. The lowest BCUT2D eigenvalue weighted by Gasteiger charge is -2.13. The number of primary sulfonamides is 1. The minimum absolute atomic E-state index is 0.0586. The molecule has 3 rings (SSSR count). The highest BCUT2D eigenvalue weighted by molar-refractivity contribution is 7.89. The van der Waals surface area contributed by atoms with Gasteiger partial charge in [0.05, 0.1) is 5.69 Å². The van der Waals surface area contributed by atoms with Crippen LogP contribution in [-0.4, -0.2) is 26.8 Å². The molecule has 0 radical (unpaired) electrons. The maximum absolute atomic E-state index is 12.3. The van der Waals surface area contributed by atoms with Crippen LogP contribution in [0, 0.1) is 5.41 Å². The van der Waals surface area contributed by atoms with Crippen molar-refractivity contribution in [2.45, 2.75) is 4.90 Å². The van der Waals surface area contributed by atoms with Crippen LogP contribution in [0.4, 0.5) is 5.69 Å². The summed E-state index contributed by atoms with van der Waals surface area (Å²) in [4.78, 5) is 12.1. The monoisotopic (exact) mass is 424 g/mol. The number of ether oxygens (including phenoxy) is 1. The van der Waals surface area contributed by atoms with E-state index in [1.54, 1.807) is 24.3 Å². The van der Waals surface area contributed by atoms with Gasteiger partial charge in [0.25, 0.3) is 5.91 Å². The molecule has 0 saturated carbocycles. The Bertz CT molecular complexity index is 1190. The summed E-state index contributed by atoms with van der Waals surface area (Å²) in [5.74, 6) is -0.342. The number of benzene rings is 3. The molecule has 0 unspecified atom stereocenters. The molecule has 3 aromatic rings. The van der Waals surface area contributed by atoms with Crippen molar-refractivity contribution in [1.82, 2.24) is 0 Å². The molecule has 8 nitrogen and oxygen atoms in total. The minimum Gasteiger partial charge on any atom is -0.484 e. The highest BCUT2D eigenvalue weighted by Crippen LogP contribution is 2.28. The van der Waals surface area contributed by atoms with Crippen LogP contribution < -0.4 is 20.9 Å². The van der Waals surface area contributed by atoms with E-state index >= 15 is 0 Å². The Morgan fingerprint density at radius 3 is 2.37 bits per heavy atom. The Kier molecular flexibility index (Phi) is 6.14. The smallest absolute Gasteiger partial charge is 0.262 e. The summed E-state index contributed by atoms with van der Waals surface area (Å²) in [6.07, 6.45) is 0. The third-order valence-corrected chi connectivity index (χ3v) is 5.14. The average Bonchev–Trinajstić information content (AvgIpc) is 2.72. The van der Waals surface area contributed by atoms with E-state index in [2.05, 4.69) is 5.32 Å². The van der Waals surface area contributed by atoms with Crippen LogP contribution in [0.3, 0.4) is 0 Å². The Labute approximate surface area is 174 Å². The SMILES string of the molecule is N=C(N)c1cccc(OCC(=O)Nc2ccc(-c3ccccc3)cc2S(N)(=O)=O)c1. The van der Waals surface area contributed by atoms with Gasteiger partial charge < -0.3 is 15.8 Å². The quantitative estimate of drug-likeness (QED) is 0.339. The molecule has 0 aliphatic carbocycles. The zero-order valence-electron chi connectivity index (χ0n) is 15.8. The molecule has 30 heavy (non-hydrogen) atoms. The predicted molar refractivity (Wildman–Crippen MR) is 115 cm³/mol. The molecule has 0 spiro atoms. The van der Waals surface area contributed by atoms with Gasteiger partial charge >= 0.3 is 0 Å². The first-order valence-electron chi connectivity index (χ1n) is 8.83. The first kappa shape index (κ1) is 21.0. The largest absolute Gasteiger partial charge is 0.484 e. The normalized spacial score (nSPS) is 11.0. The molecule has 3 aromatic carbocycles. The maximum atomic E-state index is 12.3. The van der Waals surface area contributed by atoms with Gasteiger partial charge in [-0.1, -0.05) is 48.5 Å². The van der Waals surface area contributed by atoms with Gasteiger partial charge in [0, 0.05) is 5.56 Å². The number of carbonyl (C=O) groups excluding carboxylic acids is 1. The molecule has 0 aromatic heterocycles. The van der Waals surface area contributed by atoms with Crippen LogP contribution in [0.25, 0.3) is 11.1 Å². The number of amidine groups is 1. The van der Waals surface area contributed by atoms with E-state index in [0.29, 0.717) is 16.9 Å². The Hall–Kier alpha value is -3.69. The highest BCUT2D eigenvalue weighted by atomic mass is 32.2. The number of amides is 1. The van der Waals surface area contributed by atoms with Crippen molar-refractivity contribution in [3.63, 3.8) is 0 Å². The lowest BCUT2D eigenvalue weighted by molar-refractivity contribution is -0.118. The van der Waals surface area contributed by atoms with Crippen molar-refractivity contribution < 1.29 is 17.9 Å². The van der Waals surface area contributed by atoms with Gasteiger partial charge in [-0.25, -0.2) is 13.6 Å². The van der Waals surface area contributed by atoms with Crippen molar-refractivity contribution in [3.8, 4) is 16.9 Å². The molecule has 0 bridgehead atoms. The van der Waals surface area contributed by atoms with E-state index in [0.717, 1.165) is 5.56 Å². The third kappa shape index (κ3) is 5.22. The van der Waals surface area contributed by atoms with Gasteiger partial charge in [-0.15, -0.1) is 0 Å². The number of nitrogens with one attached hydrogen (secondary N) is 2. The van der Waals surface area contributed by atoms with Crippen LogP contribution >= 0.6 is 0 Å². The summed E-state index contributed by atoms with van der Waals surface area (Å²) in [7, 11) is -4.08. The number of carbonyl (C=O) groups is 1. The molecule has 0 heterocycles. The van der Waals surface area contributed by atoms with Crippen molar-refractivity contribution >= 4 is 27.5 Å². The second kappa shape index (κ2) is 8.76. The summed E-state index contributed by atoms with van der Waals surface area (Å²) in [6.45, 7) is -0.369. The van der Waals surface area contributed by atoms with Crippen LogP contribution in [-0.2, 0) is 14.8 Å². The van der Waals surface area contributed by atoms with Crippen LogP contribution in [0.2, 0.25) is 0 Å². The van der Waals surface area contributed by atoms with E-state index in [4.69, 9.17) is 21.0 Å². The van der Waals surface area contributed by atoms with Crippen LogP contribution in [0.15, 0.2) is 77.7 Å². The molecule has 0 fully saturated rings. The minimum atomic E-state index is -4.08. The molecule has 9 heteroatoms. The maximum Gasteiger partial charge on any atom is 0.262 e. The fraction of sp³-hybridized carbons (Fsp3) is 0.0476. The summed E-state index contributed by atoms with van der Waals surface area (Å²) >= 11 is 0. The zero-order chi connectivity index (χ0) is 21.7. The third-order valence-electron chi connectivity index (χ3n) is 4.18. The van der Waals surface area contributed by atoms with E-state index < -0.39 is 15.9 Å². The van der Waals surface area contributed by atoms with Gasteiger partial charge in [-0.05, 0) is 35.4 Å². The predicted octanol–water partition coefficient (Wildman–Crippen LogP) is 2.30. The number of rotatable bonds is 7. The van der Waals surface area contributed by atoms with Gasteiger partial charge in [0.1, 0.15) is 16.5 Å². The number of hydrogen-bond donors (Lipinski definition) is 4. The van der Waals surface area contributed by atoms with E-state index in [-0.39, 0.29) is 23.0 Å². The van der Waals surface area contributed by atoms with Crippen molar-refractivity contribution in [3.05, 3.63) is 78.4 Å². The van der Waals surface area contributed by atoms with Crippen molar-refractivity contribution in [2.24, 2.45) is 10.9 Å². The molecular formula is C21H20N4O4S. The number of nitrogen functional groups attached to an aromatic ring is 1. The molecule has 0 saturated heterocycles. The van der Waals surface area contributed by atoms with E-state index in [9.17, 15) is 13.2 Å². The number of nitrogens with two attached hydrogens (primary N) is 2. The molecule has 0 aliphatic heterocycles. The van der Waals surface area contributed by atoms with Crippen molar-refractivity contribution in [2.75, 3.05) is 11.9 Å². The second-order valence-corrected chi connectivity index (χ2v) is 7.93. The van der Waals surface area contributed by atoms with Crippen molar-refractivity contribution in [1.29, 1.82) is 5.41 Å². The summed E-state index contributed by atoms with van der Waals surface area (Å²) in [5.41, 5.74) is 7.41. The zero-order valence-corrected chi connectivity index (χ0v) is 16.6. The number of hydrogen-bond acceptors (Lipinski definition) is 5. The molecule has 6 N–H and O–H groups in total. The van der Waals surface area contributed by atoms with Gasteiger partial charge in [-0.3, -0.25) is 10.2 Å². The van der Waals surface area contributed by atoms with Gasteiger partial charge in [0.15, 0.2) is 6.61 Å². The van der Waals surface area contributed by atoms with Crippen LogP contribution in [0.5, 0.6) is 5.75 Å². The lowest BCUT2D eigenvalue weighted by atomic mass is 10.1. The molecule has 154 valence electrons.